The average Bonchev–Trinajstić information content (AvgIpc) is 2.65. The number of aromatic nitrogens is 2. The summed E-state index contributed by atoms with van der Waals surface area (Å²) in [7, 11) is 4.03. The van der Waals surface area contributed by atoms with Gasteiger partial charge in [-0.1, -0.05) is 0 Å². The topological polar surface area (TPSA) is 61.6 Å². The lowest BCUT2D eigenvalue weighted by Gasteiger charge is -2.39. The van der Waals surface area contributed by atoms with Crippen LogP contribution >= 0.6 is 0 Å². The fourth-order valence-electron chi connectivity index (χ4n) is 2.63. The molecule has 1 saturated heterocycles. The van der Waals surface area contributed by atoms with Crippen LogP contribution in [0, 0.1) is 6.92 Å². The molecule has 1 atom stereocenters. The number of carboxylic acid groups (broad SMARTS) is 1. The van der Waals surface area contributed by atoms with Gasteiger partial charge in [-0.25, -0.2) is 4.79 Å². The predicted octanol–water partition coefficient (Wildman–Crippen LogP) is 0.967. The first-order chi connectivity index (χ1) is 9.40. The molecule has 1 fully saturated rings. The van der Waals surface area contributed by atoms with E-state index in [-0.39, 0.29) is 0 Å². The molecule has 0 amide bonds. The molecule has 1 unspecified atom stereocenters. The molecule has 6 heteroatoms. The Kier molecular flexibility index (Phi) is 4.13. The number of piperazine rings is 1. The second-order valence-corrected chi connectivity index (χ2v) is 5.39. The van der Waals surface area contributed by atoms with Crippen molar-refractivity contribution in [2.45, 2.75) is 19.9 Å². The van der Waals surface area contributed by atoms with Gasteiger partial charge in [0.15, 0.2) is 0 Å². The molecule has 0 saturated carbocycles. The van der Waals surface area contributed by atoms with Crippen LogP contribution in [0.2, 0.25) is 0 Å². The molecule has 1 aliphatic rings. The standard InChI is InChI=1S/C14H22N4O2/c1-10-9-18(8-7-16(10)3)14-12(5-6-13(19)20)11(2)15-17(14)4/h5-6,10H,7-9H2,1-4H3,(H,19,20). The van der Waals surface area contributed by atoms with Gasteiger partial charge >= 0.3 is 5.97 Å². The first-order valence-electron chi connectivity index (χ1n) is 6.80. The summed E-state index contributed by atoms with van der Waals surface area (Å²) < 4.78 is 1.84. The van der Waals surface area contributed by atoms with Crippen molar-refractivity contribution >= 4 is 17.9 Å². The van der Waals surface area contributed by atoms with E-state index in [0.717, 1.165) is 36.7 Å². The Morgan fingerprint density at radius 1 is 1.40 bits per heavy atom. The third kappa shape index (κ3) is 2.85. The maximum atomic E-state index is 10.7. The maximum Gasteiger partial charge on any atom is 0.328 e. The highest BCUT2D eigenvalue weighted by Gasteiger charge is 2.25. The van der Waals surface area contributed by atoms with Crippen LogP contribution in [0.5, 0.6) is 0 Å². The summed E-state index contributed by atoms with van der Waals surface area (Å²) in [4.78, 5) is 15.3. The smallest absolute Gasteiger partial charge is 0.328 e. The number of rotatable bonds is 3. The summed E-state index contributed by atoms with van der Waals surface area (Å²) in [6, 6.07) is 0.468. The van der Waals surface area contributed by atoms with E-state index in [1.807, 2.05) is 18.7 Å². The molecule has 1 aromatic heterocycles. The van der Waals surface area contributed by atoms with Crippen LogP contribution in [-0.2, 0) is 11.8 Å². The molecule has 1 aromatic rings. The second kappa shape index (κ2) is 5.66. The van der Waals surface area contributed by atoms with Gasteiger partial charge in [-0.05, 0) is 27.0 Å². The zero-order chi connectivity index (χ0) is 14.9. The number of aliphatic carboxylic acids is 1. The second-order valence-electron chi connectivity index (χ2n) is 5.39. The Balaban J connectivity index is 2.33. The lowest BCUT2D eigenvalue weighted by Crippen LogP contribution is -2.50. The van der Waals surface area contributed by atoms with Crippen LogP contribution in [0.25, 0.3) is 6.08 Å². The van der Waals surface area contributed by atoms with Crippen molar-refractivity contribution in [2.75, 3.05) is 31.6 Å². The molecule has 1 aliphatic heterocycles. The summed E-state index contributed by atoms with van der Waals surface area (Å²) >= 11 is 0. The Morgan fingerprint density at radius 3 is 2.70 bits per heavy atom. The number of likely N-dealkylation sites (N-methyl/N-ethyl adjacent to an activating group) is 1. The van der Waals surface area contributed by atoms with Gasteiger partial charge in [0.2, 0.25) is 0 Å². The van der Waals surface area contributed by atoms with Gasteiger partial charge in [0.1, 0.15) is 5.82 Å². The van der Waals surface area contributed by atoms with Crippen molar-refractivity contribution < 1.29 is 9.90 Å². The normalized spacial score (nSPS) is 20.8. The molecule has 0 bridgehead atoms. The summed E-state index contributed by atoms with van der Waals surface area (Å²) in [6.45, 7) is 6.94. The first-order valence-corrected chi connectivity index (χ1v) is 6.80. The number of anilines is 1. The van der Waals surface area contributed by atoms with Crippen LogP contribution in [0.4, 0.5) is 5.82 Å². The van der Waals surface area contributed by atoms with Gasteiger partial charge in [-0.2, -0.15) is 5.10 Å². The molecule has 0 radical (unpaired) electrons. The van der Waals surface area contributed by atoms with Gasteiger partial charge in [-0.15, -0.1) is 0 Å². The zero-order valence-corrected chi connectivity index (χ0v) is 12.5. The Labute approximate surface area is 119 Å². The first kappa shape index (κ1) is 14.6. The third-order valence-electron chi connectivity index (χ3n) is 3.89. The highest BCUT2D eigenvalue weighted by molar-refractivity contribution is 5.87. The van der Waals surface area contributed by atoms with Gasteiger partial charge in [0.05, 0.1) is 5.69 Å². The molecule has 0 aliphatic carbocycles. The SMILES string of the molecule is Cc1nn(C)c(N2CCN(C)C(C)C2)c1C=CC(=O)O. The molecule has 1 N–H and O–H groups in total. The highest BCUT2D eigenvalue weighted by atomic mass is 16.4. The van der Waals surface area contributed by atoms with E-state index in [2.05, 4.69) is 28.9 Å². The number of carboxylic acids is 1. The van der Waals surface area contributed by atoms with Crippen molar-refractivity contribution in [3.05, 3.63) is 17.3 Å². The minimum Gasteiger partial charge on any atom is -0.478 e. The van der Waals surface area contributed by atoms with Gasteiger partial charge < -0.3 is 14.9 Å². The summed E-state index contributed by atoms with van der Waals surface area (Å²) in [5, 5.41) is 13.2. The predicted molar refractivity (Wildman–Crippen MR) is 78.9 cm³/mol. The van der Waals surface area contributed by atoms with Crippen molar-refractivity contribution in [2.24, 2.45) is 7.05 Å². The summed E-state index contributed by atoms with van der Waals surface area (Å²) in [5.74, 6) is 0.0610. The van der Waals surface area contributed by atoms with Crippen molar-refractivity contribution in [3.63, 3.8) is 0 Å². The Morgan fingerprint density at radius 2 is 2.10 bits per heavy atom. The zero-order valence-electron chi connectivity index (χ0n) is 12.5. The molecule has 110 valence electrons. The van der Waals surface area contributed by atoms with E-state index >= 15 is 0 Å². The fourth-order valence-corrected chi connectivity index (χ4v) is 2.63. The van der Waals surface area contributed by atoms with E-state index < -0.39 is 5.97 Å². The van der Waals surface area contributed by atoms with Crippen LogP contribution < -0.4 is 4.90 Å². The van der Waals surface area contributed by atoms with Gasteiger partial charge in [0.25, 0.3) is 0 Å². The monoisotopic (exact) mass is 278 g/mol. The van der Waals surface area contributed by atoms with Crippen LogP contribution in [0.3, 0.4) is 0 Å². The van der Waals surface area contributed by atoms with E-state index in [1.54, 1.807) is 6.08 Å². The van der Waals surface area contributed by atoms with E-state index in [9.17, 15) is 4.79 Å². The Bertz CT molecular complexity index is 536. The number of hydrogen-bond donors (Lipinski definition) is 1. The van der Waals surface area contributed by atoms with Crippen LogP contribution in [0.15, 0.2) is 6.08 Å². The highest BCUT2D eigenvalue weighted by Crippen LogP contribution is 2.26. The molecule has 2 rings (SSSR count). The molecule has 6 nitrogen and oxygen atoms in total. The maximum absolute atomic E-state index is 10.7. The fraction of sp³-hybridized carbons (Fsp3) is 0.571. The van der Waals surface area contributed by atoms with Crippen molar-refractivity contribution in [1.29, 1.82) is 0 Å². The number of carbonyl (C=O) groups is 1. The lowest BCUT2D eigenvalue weighted by molar-refractivity contribution is -0.131. The minimum absolute atomic E-state index is 0.468. The lowest BCUT2D eigenvalue weighted by atomic mass is 10.1. The van der Waals surface area contributed by atoms with Gasteiger partial charge in [-0.3, -0.25) is 4.68 Å². The summed E-state index contributed by atoms with van der Waals surface area (Å²) in [6.07, 6.45) is 2.82. The molecule has 2 heterocycles. The van der Waals surface area contributed by atoms with Crippen molar-refractivity contribution in [1.82, 2.24) is 14.7 Å². The number of nitrogens with zero attached hydrogens (tertiary/aromatic N) is 4. The quantitative estimate of drug-likeness (QED) is 0.835. The minimum atomic E-state index is -0.939. The molecule has 20 heavy (non-hydrogen) atoms. The Hall–Kier alpha value is -1.82. The average molecular weight is 278 g/mol. The number of hydrogen-bond acceptors (Lipinski definition) is 4. The van der Waals surface area contributed by atoms with E-state index in [0.29, 0.717) is 6.04 Å². The molecular weight excluding hydrogens is 256 g/mol. The van der Waals surface area contributed by atoms with E-state index in [1.165, 1.54) is 6.08 Å². The van der Waals surface area contributed by atoms with Crippen molar-refractivity contribution in [3.8, 4) is 0 Å². The van der Waals surface area contributed by atoms with Gasteiger partial charge in [0, 0.05) is 44.4 Å². The largest absolute Gasteiger partial charge is 0.478 e. The molecule has 0 aromatic carbocycles. The van der Waals surface area contributed by atoms with E-state index in [4.69, 9.17) is 5.11 Å². The third-order valence-corrected chi connectivity index (χ3v) is 3.89. The van der Waals surface area contributed by atoms with Crippen LogP contribution in [-0.4, -0.2) is 58.5 Å². The summed E-state index contributed by atoms with van der Waals surface area (Å²) in [5.41, 5.74) is 1.75. The molecule has 0 spiro atoms. The number of aryl methyl sites for hydroxylation is 2. The molecular formula is C14H22N4O2. The van der Waals surface area contributed by atoms with Crippen LogP contribution in [0.1, 0.15) is 18.2 Å².